The van der Waals surface area contributed by atoms with Gasteiger partial charge < -0.3 is 14.3 Å². The summed E-state index contributed by atoms with van der Waals surface area (Å²) in [5.41, 5.74) is 2.47. The third-order valence-corrected chi connectivity index (χ3v) is 11.5. The SMILES string of the molecule is CCc1cc2c(s1)-c1nc(C(=O)O)c(CO[Si](C)(C)C(C)(C)C)cc1OCC2. The molecule has 3 rings (SSSR count). The number of hydrogen-bond donors (Lipinski definition) is 1. The smallest absolute Gasteiger partial charge is 0.354 e. The topological polar surface area (TPSA) is 68.7 Å². The van der Waals surface area contributed by atoms with E-state index in [4.69, 9.17) is 9.16 Å². The number of thiophene rings is 1. The van der Waals surface area contributed by atoms with Crippen molar-refractivity contribution < 1.29 is 19.1 Å². The molecule has 1 aliphatic rings. The minimum atomic E-state index is -2.01. The molecule has 7 heteroatoms. The average molecular weight is 420 g/mol. The summed E-state index contributed by atoms with van der Waals surface area (Å²) < 4.78 is 12.2. The van der Waals surface area contributed by atoms with Gasteiger partial charge in [0.15, 0.2) is 14.0 Å². The first-order valence-corrected chi connectivity index (χ1v) is 13.4. The van der Waals surface area contributed by atoms with Crippen LogP contribution in [0.1, 0.15) is 54.2 Å². The summed E-state index contributed by atoms with van der Waals surface area (Å²) in [5, 5.41) is 9.83. The van der Waals surface area contributed by atoms with Gasteiger partial charge in [-0.3, -0.25) is 0 Å². The van der Waals surface area contributed by atoms with E-state index in [2.05, 4.69) is 51.8 Å². The Morgan fingerprint density at radius 2 is 2.07 bits per heavy atom. The second kappa shape index (κ2) is 7.61. The van der Waals surface area contributed by atoms with Crippen molar-refractivity contribution >= 4 is 25.6 Å². The molecule has 0 saturated heterocycles. The zero-order chi connectivity index (χ0) is 20.7. The van der Waals surface area contributed by atoms with Gasteiger partial charge in [0.05, 0.1) is 18.1 Å². The number of rotatable bonds is 5. The summed E-state index contributed by atoms with van der Waals surface area (Å²) in [5.74, 6) is -0.378. The molecule has 2 aromatic heterocycles. The quantitative estimate of drug-likeness (QED) is 0.646. The predicted molar refractivity (Wildman–Crippen MR) is 115 cm³/mol. The van der Waals surface area contributed by atoms with E-state index in [1.165, 1.54) is 10.4 Å². The summed E-state index contributed by atoms with van der Waals surface area (Å²) in [6.07, 6.45) is 1.76. The monoisotopic (exact) mass is 419 g/mol. The van der Waals surface area contributed by atoms with Crippen LogP contribution < -0.4 is 4.74 Å². The Bertz CT molecular complexity index is 899. The van der Waals surface area contributed by atoms with Gasteiger partial charge in [0.2, 0.25) is 0 Å². The Kier molecular flexibility index (Phi) is 5.71. The maximum absolute atomic E-state index is 11.9. The molecule has 0 unspecified atom stereocenters. The molecule has 0 atom stereocenters. The number of ether oxygens (including phenoxy) is 1. The van der Waals surface area contributed by atoms with E-state index < -0.39 is 14.3 Å². The van der Waals surface area contributed by atoms with Gasteiger partial charge in [-0.25, -0.2) is 9.78 Å². The minimum absolute atomic E-state index is 0.0500. The van der Waals surface area contributed by atoms with Crippen LogP contribution in [0.25, 0.3) is 10.6 Å². The molecule has 1 aliphatic heterocycles. The molecule has 0 saturated carbocycles. The van der Waals surface area contributed by atoms with E-state index in [0.29, 0.717) is 23.6 Å². The van der Waals surface area contributed by atoms with Crippen LogP contribution in [-0.4, -0.2) is 31.0 Å². The Morgan fingerprint density at radius 1 is 1.36 bits per heavy atom. The molecule has 152 valence electrons. The highest BCUT2D eigenvalue weighted by Crippen LogP contribution is 2.41. The summed E-state index contributed by atoms with van der Waals surface area (Å²) in [6, 6.07) is 4.01. The van der Waals surface area contributed by atoms with Gasteiger partial charge in [-0.2, -0.15) is 0 Å². The van der Waals surface area contributed by atoms with Crippen LogP contribution in [0.3, 0.4) is 0 Å². The Labute approximate surface area is 171 Å². The number of aromatic nitrogens is 1. The van der Waals surface area contributed by atoms with Crippen LogP contribution >= 0.6 is 11.3 Å². The van der Waals surface area contributed by atoms with E-state index in [1.807, 2.05) is 6.07 Å². The van der Waals surface area contributed by atoms with Crippen LogP contribution in [0, 0.1) is 0 Å². The number of nitrogens with zero attached hydrogens (tertiary/aromatic N) is 1. The highest BCUT2D eigenvalue weighted by molar-refractivity contribution is 7.15. The fraction of sp³-hybridized carbons (Fsp3) is 0.524. The van der Waals surface area contributed by atoms with Crippen molar-refractivity contribution in [2.45, 2.75) is 65.3 Å². The van der Waals surface area contributed by atoms with Gasteiger partial charge in [0, 0.05) is 16.9 Å². The van der Waals surface area contributed by atoms with E-state index in [0.717, 1.165) is 17.7 Å². The maximum Gasteiger partial charge on any atom is 0.354 e. The van der Waals surface area contributed by atoms with Gasteiger partial charge in [-0.05, 0) is 42.2 Å². The molecule has 0 spiro atoms. The molecule has 0 amide bonds. The van der Waals surface area contributed by atoms with Gasteiger partial charge in [-0.1, -0.05) is 27.7 Å². The number of carboxylic acids is 1. The first-order valence-electron chi connectivity index (χ1n) is 9.69. The molecule has 28 heavy (non-hydrogen) atoms. The standard InChI is InChI=1S/C21H29NO4SSi/c1-7-15-10-13-8-9-25-16-11-14(12-26-28(5,6)21(2,3)4)17(20(23)24)22-18(16)19(13)27-15/h10-11H,7-9,12H2,1-6H3,(H,23,24). The molecule has 2 aromatic rings. The fourth-order valence-corrected chi connectivity index (χ4v) is 4.99. The van der Waals surface area contributed by atoms with Gasteiger partial charge >= 0.3 is 5.97 Å². The number of carboxylic acid groups (broad SMARTS) is 1. The van der Waals surface area contributed by atoms with E-state index in [-0.39, 0.29) is 17.3 Å². The van der Waals surface area contributed by atoms with Gasteiger partial charge in [-0.15, -0.1) is 11.3 Å². The number of pyridine rings is 1. The lowest BCUT2D eigenvalue weighted by atomic mass is 10.1. The lowest BCUT2D eigenvalue weighted by Crippen LogP contribution is -2.40. The van der Waals surface area contributed by atoms with Crippen LogP contribution in [0.15, 0.2) is 12.1 Å². The molecule has 5 nitrogen and oxygen atoms in total. The number of aryl methyl sites for hydroxylation is 1. The van der Waals surface area contributed by atoms with E-state index in [1.54, 1.807) is 11.3 Å². The predicted octanol–water partition coefficient (Wildman–Crippen LogP) is 5.53. The van der Waals surface area contributed by atoms with E-state index in [9.17, 15) is 9.90 Å². The van der Waals surface area contributed by atoms with Crippen LogP contribution in [0.2, 0.25) is 18.1 Å². The largest absolute Gasteiger partial charge is 0.491 e. The van der Waals surface area contributed by atoms with Gasteiger partial charge in [0.1, 0.15) is 11.4 Å². The van der Waals surface area contributed by atoms with Crippen molar-refractivity contribution in [2.75, 3.05) is 6.61 Å². The van der Waals surface area contributed by atoms with Crippen molar-refractivity contribution in [1.82, 2.24) is 4.98 Å². The maximum atomic E-state index is 11.9. The third-order valence-electron chi connectivity index (χ3n) is 5.72. The third kappa shape index (κ3) is 4.02. The van der Waals surface area contributed by atoms with E-state index >= 15 is 0 Å². The molecule has 3 heterocycles. The molecule has 0 fully saturated rings. The highest BCUT2D eigenvalue weighted by atomic mass is 32.1. The summed E-state index contributed by atoms with van der Waals surface area (Å²) in [6.45, 7) is 13.7. The summed E-state index contributed by atoms with van der Waals surface area (Å²) in [7, 11) is -2.01. The fourth-order valence-electron chi connectivity index (χ4n) is 2.89. The van der Waals surface area contributed by atoms with Crippen molar-refractivity contribution in [1.29, 1.82) is 0 Å². The number of fused-ring (bicyclic) bond motifs is 3. The molecule has 0 bridgehead atoms. The van der Waals surface area contributed by atoms with Crippen LogP contribution in [0.4, 0.5) is 0 Å². The first kappa shape index (κ1) is 21.0. The Balaban J connectivity index is 2.03. The molecular formula is C21H29NO4SSi. The zero-order valence-electron chi connectivity index (χ0n) is 17.5. The van der Waals surface area contributed by atoms with Crippen LogP contribution in [-0.2, 0) is 23.9 Å². The first-order chi connectivity index (χ1) is 13.0. The average Bonchev–Trinajstić information content (AvgIpc) is 2.94. The minimum Gasteiger partial charge on any atom is -0.491 e. The van der Waals surface area contributed by atoms with Crippen molar-refractivity contribution in [3.63, 3.8) is 0 Å². The Morgan fingerprint density at radius 3 is 2.68 bits per heavy atom. The van der Waals surface area contributed by atoms with Crippen molar-refractivity contribution in [3.05, 3.63) is 33.8 Å². The van der Waals surface area contributed by atoms with Crippen LogP contribution in [0.5, 0.6) is 5.75 Å². The molecule has 1 N–H and O–H groups in total. The van der Waals surface area contributed by atoms with Gasteiger partial charge in [0.25, 0.3) is 0 Å². The summed E-state index contributed by atoms with van der Waals surface area (Å²) >= 11 is 1.68. The second-order valence-corrected chi connectivity index (χ2v) is 14.7. The summed E-state index contributed by atoms with van der Waals surface area (Å²) in [4.78, 5) is 18.8. The molecular weight excluding hydrogens is 390 g/mol. The normalized spacial score (nSPS) is 14.1. The highest BCUT2D eigenvalue weighted by Gasteiger charge is 2.37. The van der Waals surface area contributed by atoms with Crippen molar-refractivity contribution in [3.8, 4) is 16.3 Å². The molecule has 0 aromatic carbocycles. The zero-order valence-corrected chi connectivity index (χ0v) is 19.3. The second-order valence-electron chi connectivity index (χ2n) is 8.72. The number of hydrogen-bond acceptors (Lipinski definition) is 5. The molecule has 0 aliphatic carbocycles. The molecule has 0 radical (unpaired) electrons. The van der Waals surface area contributed by atoms with Crippen molar-refractivity contribution in [2.24, 2.45) is 0 Å². The Hall–Kier alpha value is -1.70. The lowest BCUT2D eigenvalue weighted by Gasteiger charge is -2.36. The number of carbonyl (C=O) groups is 1. The lowest BCUT2D eigenvalue weighted by molar-refractivity contribution is 0.0687. The number of aromatic carboxylic acids is 1.